The molecule has 2 nitrogen and oxygen atoms in total. The van der Waals surface area contributed by atoms with E-state index in [1.54, 1.807) is 6.07 Å². The molecule has 0 heterocycles. The van der Waals surface area contributed by atoms with Gasteiger partial charge in [-0.2, -0.15) is 0 Å². The van der Waals surface area contributed by atoms with Crippen LogP contribution in [0.1, 0.15) is 49.7 Å². The lowest BCUT2D eigenvalue weighted by atomic mass is 9.47. The zero-order valence-corrected chi connectivity index (χ0v) is 11.5. The van der Waals surface area contributed by atoms with E-state index >= 15 is 0 Å². The van der Waals surface area contributed by atoms with E-state index in [1.165, 1.54) is 44.1 Å². The summed E-state index contributed by atoms with van der Waals surface area (Å²) in [5, 5.41) is 19.7. The maximum Gasteiger partial charge on any atom is 0.160 e. The molecule has 4 aliphatic rings. The summed E-state index contributed by atoms with van der Waals surface area (Å²) in [6.45, 7) is 1.96. The second-order valence-electron chi connectivity index (χ2n) is 7.30. The molecule has 4 bridgehead atoms. The molecule has 4 aliphatic carbocycles. The molecule has 102 valence electrons. The highest BCUT2D eigenvalue weighted by Gasteiger charge is 2.52. The Morgan fingerprint density at radius 3 is 2.00 bits per heavy atom. The largest absolute Gasteiger partial charge is 0.504 e. The summed E-state index contributed by atoms with van der Waals surface area (Å²) in [7, 11) is 0. The number of hydrogen-bond acceptors (Lipinski definition) is 2. The molecule has 1 aromatic carbocycles. The molecule has 0 aromatic heterocycles. The molecular weight excluding hydrogens is 236 g/mol. The van der Waals surface area contributed by atoms with E-state index in [0.717, 1.165) is 23.3 Å². The first-order valence-corrected chi connectivity index (χ1v) is 7.59. The Hall–Kier alpha value is -1.18. The van der Waals surface area contributed by atoms with Gasteiger partial charge in [0.05, 0.1) is 0 Å². The second kappa shape index (κ2) is 3.68. The van der Waals surface area contributed by atoms with E-state index in [4.69, 9.17) is 0 Å². The third kappa shape index (κ3) is 1.55. The minimum Gasteiger partial charge on any atom is -0.504 e. The zero-order chi connectivity index (χ0) is 13.2. The lowest BCUT2D eigenvalue weighted by Crippen LogP contribution is -2.48. The standard InChI is InChI=1S/C17H22O2/c1-10-14(2-3-15(18)16(10)19)17-7-11-4-12(8-17)6-13(5-11)9-17/h2-3,11-13,18-19H,4-9H2,1H3. The van der Waals surface area contributed by atoms with Crippen molar-refractivity contribution in [3.05, 3.63) is 23.3 Å². The van der Waals surface area contributed by atoms with Crippen LogP contribution < -0.4 is 0 Å². The van der Waals surface area contributed by atoms with Crippen molar-refractivity contribution in [2.45, 2.75) is 50.9 Å². The minimum absolute atomic E-state index is 0.0194. The van der Waals surface area contributed by atoms with Crippen LogP contribution in [0.2, 0.25) is 0 Å². The highest BCUT2D eigenvalue weighted by molar-refractivity contribution is 5.51. The fourth-order valence-electron chi connectivity index (χ4n) is 5.70. The van der Waals surface area contributed by atoms with Crippen LogP contribution in [0, 0.1) is 24.7 Å². The highest BCUT2D eigenvalue weighted by Crippen LogP contribution is 2.61. The zero-order valence-electron chi connectivity index (χ0n) is 11.5. The van der Waals surface area contributed by atoms with E-state index in [1.807, 2.05) is 6.92 Å². The van der Waals surface area contributed by atoms with Gasteiger partial charge in [-0.05, 0) is 85.8 Å². The fraction of sp³-hybridized carbons (Fsp3) is 0.647. The van der Waals surface area contributed by atoms with Crippen molar-refractivity contribution in [1.82, 2.24) is 0 Å². The summed E-state index contributed by atoms with van der Waals surface area (Å²) < 4.78 is 0. The summed E-state index contributed by atoms with van der Waals surface area (Å²) in [6.07, 6.45) is 8.19. The summed E-state index contributed by atoms with van der Waals surface area (Å²) in [5.74, 6) is 2.82. The lowest BCUT2D eigenvalue weighted by Gasteiger charge is -2.57. The first-order chi connectivity index (χ1) is 9.07. The molecule has 2 heteroatoms. The molecule has 2 N–H and O–H groups in total. The van der Waals surface area contributed by atoms with Crippen LogP contribution in [-0.4, -0.2) is 10.2 Å². The molecule has 5 rings (SSSR count). The molecule has 0 saturated heterocycles. The van der Waals surface area contributed by atoms with E-state index in [2.05, 4.69) is 6.07 Å². The summed E-state index contributed by atoms with van der Waals surface area (Å²) >= 11 is 0. The van der Waals surface area contributed by atoms with Crippen molar-refractivity contribution in [2.75, 3.05) is 0 Å². The number of hydrogen-bond donors (Lipinski definition) is 2. The van der Waals surface area contributed by atoms with E-state index < -0.39 is 0 Å². The Balaban J connectivity index is 1.82. The summed E-state index contributed by atoms with van der Waals surface area (Å²) in [4.78, 5) is 0. The van der Waals surface area contributed by atoms with Gasteiger partial charge < -0.3 is 10.2 Å². The van der Waals surface area contributed by atoms with Gasteiger partial charge in [-0.3, -0.25) is 0 Å². The average Bonchev–Trinajstić information content (AvgIpc) is 2.34. The van der Waals surface area contributed by atoms with E-state index in [-0.39, 0.29) is 11.5 Å². The van der Waals surface area contributed by atoms with Crippen molar-refractivity contribution in [2.24, 2.45) is 17.8 Å². The van der Waals surface area contributed by atoms with Gasteiger partial charge in [0.1, 0.15) is 0 Å². The number of phenolic OH excluding ortho intramolecular Hbond substituents is 2. The van der Waals surface area contributed by atoms with Crippen LogP contribution >= 0.6 is 0 Å². The van der Waals surface area contributed by atoms with E-state index in [9.17, 15) is 10.2 Å². The molecule has 0 spiro atoms. The van der Waals surface area contributed by atoms with Crippen LogP contribution in [0.4, 0.5) is 0 Å². The van der Waals surface area contributed by atoms with Crippen molar-refractivity contribution in [3.8, 4) is 11.5 Å². The van der Waals surface area contributed by atoms with E-state index in [0.29, 0.717) is 5.41 Å². The van der Waals surface area contributed by atoms with Gasteiger partial charge in [-0.25, -0.2) is 0 Å². The predicted molar refractivity (Wildman–Crippen MR) is 74.4 cm³/mol. The van der Waals surface area contributed by atoms with Crippen LogP contribution in [0.5, 0.6) is 11.5 Å². The van der Waals surface area contributed by atoms with Gasteiger partial charge in [0.25, 0.3) is 0 Å². The normalized spacial score (nSPS) is 39.7. The Morgan fingerprint density at radius 1 is 0.947 bits per heavy atom. The Morgan fingerprint density at radius 2 is 1.47 bits per heavy atom. The fourth-order valence-corrected chi connectivity index (χ4v) is 5.70. The average molecular weight is 258 g/mol. The Labute approximate surface area is 114 Å². The van der Waals surface area contributed by atoms with Crippen LogP contribution in [0.3, 0.4) is 0 Å². The third-order valence-corrected chi connectivity index (χ3v) is 6.02. The molecule has 1 aromatic rings. The quantitative estimate of drug-likeness (QED) is 0.751. The minimum atomic E-state index is 0.0194. The molecule has 0 unspecified atom stereocenters. The van der Waals surface area contributed by atoms with Crippen LogP contribution in [-0.2, 0) is 5.41 Å². The predicted octanol–water partition coefficient (Wildman–Crippen LogP) is 3.87. The van der Waals surface area contributed by atoms with Gasteiger partial charge in [-0.1, -0.05) is 6.07 Å². The smallest absolute Gasteiger partial charge is 0.160 e. The van der Waals surface area contributed by atoms with Gasteiger partial charge in [-0.15, -0.1) is 0 Å². The Kier molecular flexibility index (Phi) is 2.25. The van der Waals surface area contributed by atoms with Crippen LogP contribution in [0.25, 0.3) is 0 Å². The molecule has 4 saturated carbocycles. The van der Waals surface area contributed by atoms with Crippen molar-refractivity contribution < 1.29 is 10.2 Å². The topological polar surface area (TPSA) is 40.5 Å². The molecule has 19 heavy (non-hydrogen) atoms. The first kappa shape index (κ1) is 11.6. The van der Waals surface area contributed by atoms with Crippen molar-refractivity contribution in [3.63, 3.8) is 0 Å². The second-order valence-corrected chi connectivity index (χ2v) is 7.30. The van der Waals surface area contributed by atoms with Gasteiger partial charge >= 0.3 is 0 Å². The molecule has 0 radical (unpaired) electrons. The SMILES string of the molecule is Cc1c(C23CC4CC(CC(C4)C2)C3)ccc(O)c1O. The molecule has 0 amide bonds. The van der Waals surface area contributed by atoms with Crippen molar-refractivity contribution >= 4 is 0 Å². The van der Waals surface area contributed by atoms with Crippen molar-refractivity contribution in [1.29, 1.82) is 0 Å². The van der Waals surface area contributed by atoms with Gasteiger partial charge in [0.2, 0.25) is 0 Å². The highest BCUT2D eigenvalue weighted by atomic mass is 16.3. The molecule has 4 fully saturated rings. The maximum atomic E-state index is 10.0. The summed E-state index contributed by atoms with van der Waals surface area (Å²) in [5.41, 5.74) is 2.51. The number of benzene rings is 1. The monoisotopic (exact) mass is 258 g/mol. The molecule has 0 atom stereocenters. The summed E-state index contributed by atoms with van der Waals surface area (Å²) in [6, 6.07) is 3.74. The lowest BCUT2D eigenvalue weighted by molar-refractivity contribution is -0.00558. The van der Waals surface area contributed by atoms with Crippen LogP contribution in [0.15, 0.2) is 12.1 Å². The van der Waals surface area contributed by atoms with Gasteiger partial charge in [0, 0.05) is 0 Å². The number of phenols is 2. The molecule has 0 aliphatic heterocycles. The van der Waals surface area contributed by atoms with Gasteiger partial charge in [0.15, 0.2) is 11.5 Å². The Bertz CT molecular complexity index is 497. The maximum absolute atomic E-state index is 10.0. The number of rotatable bonds is 1. The molecular formula is C17H22O2. The third-order valence-electron chi connectivity index (χ3n) is 6.02. The first-order valence-electron chi connectivity index (χ1n) is 7.59. The number of aromatic hydroxyl groups is 2.